The van der Waals surface area contributed by atoms with Crippen molar-refractivity contribution in [3.05, 3.63) is 105 Å². The number of benzene rings is 2. The summed E-state index contributed by atoms with van der Waals surface area (Å²) in [5.74, 6) is -0.310. The van der Waals surface area contributed by atoms with Gasteiger partial charge >= 0.3 is 5.97 Å². The van der Waals surface area contributed by atoms with Crippen molar-refractivity contribution in [3.63, 3.8) is 0 Å². The summed E-state index contributed by atoms with van der Waals surface area (Å²) in [7, 11) is 2.09. The molecule has 2 aliphatic heterocycles. The largest absolute Gasteiger partial charge is 0.458 e. The number of piperazine rings is 1. The Labute approximate surface area is 277 Å². The summed E-state index contributed by atoms with van der Waals surface area (Å²) in [6, 6.07) is 14.9. The van der Waals surface area contributed by atoms with Gasteiger partial charge in [0, 0.05) is 85.6 Å². The van der Waals surface area contributed by atoms with Gasteiger partial charge in [0.05, 0.1) is 16.3 Å². The molecule has 2 aromatic carbocycles. The fourth-order valence-electron chi connectivity index (χ4n) is 5.14. The molecule has 46 heavy (non-hydrogen) atoms. The summed E-state index contributed by atoms with van der Waals surface area (Å²) in [6.45, 7) is 4.50. The Morgan fingerprint density at radius 2 is 1.91 bits per heavy atom. The fourth-order valence-corrected chi connectivity index (χ4v) is 6.13. The first-order valence-corrected chi connectivity index (χ1v) is 16.3. The predicted octanol–water partition coefficient (Wildman–Crippen LogP) is 4.50. The Kier molecular flexibility index (Phi) is 11.2. The molecule has 2 aliphatic rings. The van der Waals surface area contributed by atoms with Crippen LogP contribution in [0.3, 0.4) is 0 Å². The zero-order valence-electron chi connectivity index (χ0n) is 25.5. The van der Waals surface area contributed by atoms with Gasteiger partial charge in [0.2, 0.25) is 5.91 Å². The standard InChI is InChI=1S/C33H37ClFN7O3S/c1-41-12-14-42(15-13-41)11-9-31(43)40-30-18-23(8-10-38-30)39-29(19-28(36)26-17-22(34)6-7-27(26)35)32(37)46-20-24-16-21-4-2-3-5-25(21)33(44)45-24/h2-8,10,17-19,24H,9,11-16,20,36-37H2,1H3,(H2,38,39,40,43)/b28-19-,32-29-. The number of aromatic nitrogens is 1. The van der Waals surface area contributed by atoms with Crippen molar-refractivity contribution in [1.29, 1.82) is 0 Å². The summed E-state index contributed by atoms with van der Waals surface area (Å²) in [6.07, 6.45) is 3.58. The maximum atomic E-state index is 14.7. The number of ether oxygens (including phenoxy) is 1. The maximum Gasteiger partial charge on any atom is 0.338 e. The Morgan fingerprint density at radius 3 is 2.72 bits per heavy atom. The minimum absolute atomic E-state index is 0.0931. The number of anilines is 2. The molecule has 1 atom stereocenters. The van der Waals surface area contributed by atoms with Crippen molar-refractivity contribution in [2.45, 2.75) is 18.9 Å². The number of hydrogen-bond acceptors (Lipinski definition) is 10. The molecule has 10 nitrogen and oxygen atoms in total. The van der Waals surface area contributed by atoms with Gasteiger partial charge in [0.1, 0.15) is 17.7 Å². The first-order chi connectivity index (χ1) is 22.1. The molecule has 13 heteroatoms. The van der Waals surface area contributed by atoms with Gasteiger partial charge in [-0.25, -0.2) is 14.2 Å². The van der Waals surface area contributed by atoms with E-state index in [-0.39, 0.29) is 23.1 Å². The van der Waals surface area contributed by atoms with Gasteiger partial charge in [-0.2, -0.15) is 0 Å². The molecule has 1 fully saturated rings. The minimum Gasteiger partial charge on any atom is -0.458 e. The van der Waals surface area contributed by atoms with Crippen molar-refractivity contribution >= 4 is 52.4 Å². The van der Waals surface area contributed by atoms with Crippen LogP contribution < -0.4 is 22.1 Å². The number of amides is 1. The second-order valence-electron chi connectivity index (χ2n) is 11.2. The molecular formula is C33H37ClFN7O3S. The third-order valence-corrected chi connectivity index (χ3v) is 9.05. The SMILES string of the molecule is CN1CCN(CCC(=O)Nc2cc(NC(/C=C(\N)c3cc(Cl)ccc3F)=C(/N)SCC3Cc4ccccc4C(=O)O3)ccn2)CC1. The summed E-state index contributed by atoms with van der Waals surface area (Å²) in [5.41, 5.74) is 15.5. The molecule has 0 saturated carbocycles. The molecule has 6 N–H and O–H groups in total. The molecular weight excluding hydrogens is 629 g/mol. The minimum atomic E-state index is -0.540. The van der Waals surface area contributed by atoms with Crippen LogP contribution in [0.15, 0.2) is 77.6 Å². The second kappa shape index (κ2) is 15.5. The number of fused-ring (bicyclic) bond motifs is 1. The number of nitrogens with one attached hydrogen (secondary N) is 2. The van der Waals surface area contributed by atoms with E-state index >= 15 is 0 Å². The number of nitrogens with two attached hydrogens (primary N) is 2. The zero-order valence-corrected chi connectivity index (χ0v) is 27.0. The Balaban J connectivity index is 1.31. The van der Waals surface area contributed by atoms with Crippen LogP contribution >= 0.6 is 23.4 Å². The molecule has 5 rings (SSSR count). The molecule has 3 heterocycles. The van der Waals surface area contributed by atoms with Gasteiger partial charge < -0.3 is 36.6 Å². The van der Waals surface area contributed by atoms with E-state index < -0.39 is 11.9 Å². The first kappa shape index (κ1) is 33.3. The quantitative estimate of drug-likeness (QED) is 0.171. The van der Waals surface area contributed by atoms with Crippen LogP contribution in [0, 0.1) is 5.82 Å². The smallest absolute Gasteiger partial charge is 0.338 e. The molecule has 1 unspecified atom stereocenters. The van der Waals surface area contributed by atoms with E-state index in [1.165, 1.54) is 36.0 Å². The maximum absolute atomic E-state index is 14.7. The highest BCUT2D eigenvalue weighted by molar-refractivity contribution is 8.03. The number of allylic oxidation sites excluding steroid dienone is 1. The number of halogens is 2. The molecule has 0 bridgehead atoms. The summed E-state index contributed by atoms with van der Waals surface area (Å²) in [4.78, 5) is 34.1. The number of thioether (sulfide) groups is 1. The number of nitrogens with zero attached hydrogens (tertiary/aromatic N) is 3. The zero-order chi connectivity index (χ0) is 32.6. The van der Waals surface area contributed by atoms with Crippen LogP contribution in [0.5, 0.6) is 0 Å². The normalized spacial score (nSPS) is 17.9. The van der Waals surface area contributed by atoms with Crippen molar-refractivity contribution in [2.75, 3.05) is 56.2 Å². The number of likely N-dealkylation sites (N-methyl/N-ethyl adjacent to an activating group) is 1. The number of pyridine rings is 1. The van der Waals surface area contributed by atoms with Crippen LogP contribution in [-0.2, 0) is 16.0 Å². The predicted molar refractivity (Wildman–Crippen MR) is 182 cm³/mol. The Morgan fingerprint density at radius 1 is 1.13 bits per heavy atom. The molecule has 1 saturated heterocycles. The number of esters is 1. The monoisotopic (exact) mass is 665 g/mol. The lowest BCUT2D eigenvalue weighted by molar-refractivity contribution is -0.116. The molecule has 0 spiro atoms. The van der Waals surface area contributed by atoms with Crippen LogP contribution in [0.1, 0.15) is 27.9 Å². The van der Waals surface area contributed by atoms with E-state index in [4.69, 9.17) is 27.8 Å². The van der Waals surface area contributed by atoms with Crippen LogP contribution in [0.25, 0.3) is 5.70 Å². The lowest BCUT2D eigenvalue weighted by Crippen LogP contribution is -2.45. The third kappa shape index (κ3) is 9.00. The van der Waals surface area contributed by atoms with Crippen molar-refractivity contribution in [3.8, 4) is 0 Å². The average molecular weight is 666 g/mol. The number of carbonyl (C=O) groups is 2. The van der Waals surface area contributed by atoms with E-state index in [1.807, 2.05) is 12.1 Å². The lowest BCUT2D eigenvalue weighted by atomic mass is 9.99. The average Bonchev–Trinajstić information content (AvgIpc) is 3.04. The highest BCUT2D eigenvalue weighted by atomic mass is 35.5. The second-order valence-corrected chi connectivity index (χ2v) is 12.7. The Hall–Kier alpha value is -4.10. The molecule has 1 aromatic heterocycles. The summed E-state index contributed by atoms with van der Waals surface area (Å²) in [5, 5.41) is 6.76. The summed E-state index contributed by atoms with van der Waals surface area (Å²) >= 11 is 7.38. The van der Waals surface area contributed by atoms with Gasteiger partial charge in [-0.1, -0.05) is 29.8 Å². The molecule has 0 radical (unpaired) electrons. The Bertz CT molecular complexity index is 1640. The van der Waals surface area contributed by atoms with E-state index in [0.29, 0.717) is 58.0 Å². The van der Waals surface area contributed by atoms with E-state index in [2.05, 4.69) is 32.5 Å². The molecule has 1 amide bonds. The molecule has 0 aliphatic carbocycles. The molecule has 3 aromatic rings. The van der Waals surface area contributed by atoms with Gasteiger partial charge in [0.25, 0.3) is 0 Å². The topological polar surface area (TPSA) is 139 Å². The first-order valence-electron chi connectivity index (χ1n) is 14.9. The van der Waals surface area contributed by atoms with Gasteiger partial charge in [-0.15, -0.1) is 11.8 Å². The van der Waals surface area contributed by atoms with Gasteiger partial charge in [-0.3, -0.25) is 4.79 Å². The van der Waals surface area contributed by atoms with E-state index in [1.54, 1.807) is 30.5 Å². The number of carbonyl (C=O) groups excluding carboxylic acids is 2. The van der Waals surface area contributed by atoms with Crippen molar-refractivity contribution in [1.82, 2.24) is 14.8 Å². The fraction of sp³-hybridized carbons (Fsp3) is 0.303. The highest BCUT2D eigenvalue weighted by Gasteiger charge is 2.26. The number of hydrogen-bond donors (Lipinski definition) is 4. The molecule has 242 valence electrons. The summed E-state index contributed by atoms with van der Waals surface area (Å²) < 4.78 is 20.3. The number of rotatable bonds is 11. The van der Waals surface area contributed by atoms with Gasteiger partial charge in [-0.05, 0) is 49.0 Å². The van der Waals surface area contributed by atoms with Crippen LogP contribution in [0.4, 0.5) is 15.9 Å². The van der Waals surface area contributed by atoms with E-state index in [0.717, 1.165) is 31.7 Å². The van der Waals surface area contributed by atoms with Crippen molar-refractivity contribution < 1.29 is 18.7 Å². The van der Waals surface area contributed by atoms with E-state index in [9.17, 15) is 14.0 Å². The van der Waals surface area contributed by atoms with Crippen molar-refractivity contribution in [2.24, 2.45) is 11.5 Å². The highest BCUT2D eigenvalue weighted by Crippen LogP contribution is 2.28. The third-order valence-electron chi connectivity index (χ3n) is 7.75. The van der Waals surface area contributed by atoms with Crippen LogP contribution in [0.2, 0.25) is 5.02 Å². The lowest BCUT2D eigenvalue weighted by Gasteiger charge is -2.32. The van der Waals surface area contributed by atoms with Gasteiger partial charge in [0.15, 0.2) is 0 Å². The van der Waals surface area contributed by atoms with Crippen LogP contribution in [-0.4, -0.2) is 78.3 Å². The number of cyclic esters (lactones) is 1.